The molecule has 2 aromatic heterocycles. The number of hydrogen-bond acceptors (Lipinski definition) is 6. The second-order valence-electron chi connectivity index (χ2n) is 8.22. The lowest BCUT2D eigenvalue weighted by Gasteiger charge is -2.20. The minimum atomic E-state index is -0.694. The van der Waals surface area contributed by atoms with Crippen molar-refractivity contribution in [2.75, 3.05) is 6.61 Å². The van der Waals surface area contributed by atoms with Gasteiger partial charge in [0, 0.05) is 10.4 Å². The van der Waals surface area contributed by atoms with E-state index >= 15 is 0 Å². The maximum absolute atomic E-state index is 13.3. The largest absolute Gasteiger partial charge is 0.462 e. The van der Waals surface area contributed by atoms with Crippen LogP contribution >= 0.6 is 11.3 Å². The smallest absolute Gasteiger partial charge is 0.340 e. The number of rotatable bonds is 9. The molecule has 8 heteroatoms. The molecule has 0 bridgehead atoms. The summed E-state index contributed by atoms with van der Waals surface area (Å²) in [7, 11) is 0. The molecule has 176 valence electrons. The van der Waals surface area contributed by atoms with Crippen LogP contribution in [-0.4, -0.2) is 23.5 Å². The summed E-state index contributed by atoms with van der Waals surface area (Å²) >= 11 is 1.17. The summed E-state index contributed by atoms with van der Waals surface area (Å²) < 4.78 is 18.7. The van der Waals surface area contributed by atoms with Gasteiger partial charge in [-0.2, -0.15) is 5.26 Å². The molecule has 0 aliphatic rings. The van der Waals surface area contributed by atoms with Crippen LogP contribution in [0.25, 0.3) is 10.4 Å². The first-order chi connectivity index (χ1) is 16.2. The van der Waals surface area contributed by atoms with Gasteiger partial charge in [0.15, 0.2) is 0 Å². The first-order valence-electron chi connectivity index (χ1n) is 11.0. The average molecular weight is 480 g/mol. The van der Waals surface area contributed by atoms with Crippen molar-refractivity contribution in [3.05, 3.63) is 75.2 Å². The van der Waals surface area contributed by atoms with Crippen LogP contribution in [0.1, 0.15) is 63.3 Å². The van der Waals surface area contributed by atoms with E-state index in [4.69, 9.17) is 15.5 Å². The molecule has 1 amide bonds. The normalized spacial score (nSPS) is 10.8. The third-order valence-electron chi connectivity index (χ3n) is 5.20. The Morgan fingerprint density at radius 1 is 1.12 bits per heavy atom. The minimum absolute atomic E-state index is 0.142. The predicted molar refractivity (Wildman–Crippen MR) is 129 cm³/mol. The fourth-order valence-corrected chi connectivity index (χ4v) is 4.65. The lowest BCUT2D eigenvalue weighted by atomic mass is 9.91. The van der Waals surface area contributed by atoms with Gasteiger partial charge in [0.2, 0.25) is 0 Å². The quantitative estimate of drug-likeness (QED) is 0.431. The second-order valence-corrected chi connectivity index (χ2v) is 9.30. The SMILES string of the molecule is CCOC(=O)c1c(CCc2ccc(F)cc2)nc(CC(C)C)c(C(N)=O)c1-c1ccc(C#N)s1. The van der Waals surface area contributed by atoms with Crippen LogP contribution in [0.15, 0.2) is 36.4 Å². The maximum Gasteiger partial charge on any atom is 0.340 e. The summed E-state index contributed by atoms with van der Waals surface area (Å²) in [5.41, 5.74) is 8.39. The number of benzene rings is 1. The summed E-state index contributed by atoms with van der Waals surface area (Å²) in [6.45, 7) is 5.85. The number of hydrogen-bond donors (Lipinski definition) is 1. The Morgan fingerprint density at radius 2 is 1.82 bits per heavy atom. The molecule has 34 heavy (non-hydrogen) atoms. The zero-order chi connectivity index (χ0) is 24.8. The number of nitrogens with zero attached hydrogens (tertiary/aromatic N) is 2. The van der Waals surface area contributed by atoms with Crippen molar-refractivity contribution in [1.82, 2.24) is 4.98 Å². The number of carbonyl (C=O) groups excluding carboxylic acids is 2. The van der Waals surface area contributed by atoms with E-state index in [9.17, 15) is 19.2 Å². The molecule has 0 saturated heterocycles. The average Bonchev–Trinajstić information content (AvgIpc) is 3.26. The summed E-state index contributed by atoms with van der Waals surface area (Å²) in [4.78, 5) is 31.6. The van der Waals surface area contributed by atoms with Crippen molar-refractivity contribution in [3.63, 3.8) is 0 Å². The number of ether oxygens (including phenoxy) is 1. The van der Waals surface area contributed by atoms with Crippen molar-refractivity contribution in [3.8, 4) is 16.5 Å². The Balaban J connectivity index is 2.27. The van der Waals surface area contributed by atoms with Crippen LogP contribution in [0.4, 0.5) is 4.39 Å². The molecule has 0 radical (unpaired) electrons. The van der Waals surface area contributed by atoms with E-state index in [1.165, 1.54) is 23.5 Å². The topological polar surface area (TPSA) is 106 Å². The highest BCUT2D eigenvalue weighted by atomic mass is 32.1. The van der Waals surface area contributed by atoms with E-state index in [-0.39, 0.29) is 29.5 Å². The Bertz CT molecular complexity index is 1240. The fourth-order valence-electron chi connectivity index (χ4n) is 3.78. The van der Waals surface area contributed by atoms with E-state index in [1.807, 2.05) is 13.8 Å². The lowest BCUT2D eigenvalue weighted by Crippen LogP contribution is -2.23. The van der Waals surface area contributed by atoms with Gasteiger partial charge in [-0.05, 0) is 61.9 Å². The minimum Gasteiger partial charge on any atom is -0.462 e. The highest BCUT2D eigenvalue weighted by Crippen LogP contribution is 2.37. The number of pyridine rings is 1. The van der Waals surface area contributed by atoms with Crippen LogP contribution in [-0.2, 0) is 24.0 Å². The van der Waals surface area contributed by atoms with Crippen molar-refractivity contribution in [1.29, 1.82) is 5.26 Å². The number of primary amides is 1. The number of thiophene rings is 1. The van der Waals surface area contributed by atoms with Crippen molar-refractivity contribution >= 4 is 23.2 Å². The highest BCUT2D eigenvalue weighted by Gasteiger charge is 2.29. The van der Waals surface area contributed by atoms with Gasteiger partial charge in [0.25, 0.3) is 5.91 Å². The van der Waals surface area contributed by atoms with Crippen LogP contribution < -0.4 is 5.73 Å². The Hall–Kier alpha value is -3.57. The Morgan fingerprint density at radius 3 is 2.38 bits per heavy atom. The molecule has 2 N–H and O–H groups in total. The number of amides is 1. The van der Waals surface area contributed by atoms with Gasteiger partial charge in [-0.3, -0.25) is 9.78 Å². The Kier molecular flexibility index (Phi) is 8.13. The van der Waals surface area contributed by atoms with Crippen molar-refractivity contribution < 1.29 is 18.7 Å². The van der Waals surface area contributed by atoms with Gasteiger partial charge in [0.1, 0.15) is 16.8 Å². The highest BCUT2D eigenvalue weighted by molar-refractivity contribution is 7.16. The fraction of sp³-hybridized carbons (Fsp3) is 0.308. The number of nitrogens with two attached hydrogens (primary N) is 1. The molecule has 0 saturated carbocycles. The van der Waals surface area contributed by atoms with Crippen molar-refractivity contribution in [2.24, 2.45) is 11.7 Å². The van der Waals surface area contributed by atoms with Gasteiger partial charge in [0.05, 0.1) is 29.1 Å². The molecule has 0 spiro atoms. The molecule has 1 aromatic carbocycles. The molecular formula is C26H26FN3O3S. The summed E-state index contributed by atoms with van der Waals surface area (Å²) in [6, 6.07) is 11.6. The summed E-state index contributed by atoms with van der Waals surface area (Å²) in [5.74, 6) is -1.45. The van der Waals surface area contributed by atoms with E-state index in [2.05, 4.69) is 6.07 Å². The van der Waals surface area contributed by atoms with E-state index < -0.39 is 11.9 Å². The number of esters is 1. The lowest BCUT2D eigenvalue weighted by molar-refractivity contribution is 0.0525. The van der Waals surface area contributed by atoms with E-state index in [1.54, 1.807) is 31.2 Å². The molecule has 0 fully saturated rings. The van der Waals surface area contributed by atoms with Gasteiger partial charge in [-0.15, -0.1) is 11.3 Å². The molecule has 0 unspecified atom stereocenters. The number of nitriles is 1. The van der Waals surface area contributed by atoms with Crippen LogP contribution in [0.5, 0.6) is 0 Å². The van der Waals surface area contributed by atoms with Crippen LogP contribution in [0, 0.1) is 23.1 Å². The van der Waals surface area contributed by atoms with Gasteiger partial charge in [-0.25, -0.2) is 9.18 Å². The molecule has 3 aromatic rings. The zero-order valence-corrected chi connectivity index (χ0v) is 20.2. The van der Waals surface area contributed by atoms with Gasteiger partial charge < -0.3 is 10.5 Å². The first kappa shape index (κ1) is 25.1. The predicted octanol–water partition coefficient (Wildman–Crippen LogP) is 5.08. The molecule has 0 aliphatic heterocycles. The van der Waals surface area contributed by atoms with Gasteiger partial charge in [-0.1, -0.05) is 26.0 Å². The molecule has 0 atom stereocenters. The summed E-state index contributed by atoms with van der Waals surface area (Å²) in [5, 5.41) is 9.34. The summed E-state index contributed by atoms with van der Waals surface area (Å²) in [6.07, 6.45) is 1.35. The number of carbonyl (C=O) groups is 2. The molecular weight excluding hydrogens is 453 g/mol. The standard InChI is InChI=1S/C26H26FN3O3S/c1-4-33-26(32)23-19(11-7-16-5-8-17(27)9-6-16)30-20(13-15(2)3)22(25(29)31)24(23)21-12-10-18(14-28)34-21/h5-6,8-10,12,15H,4,7,11,13H2,1-3H3,(H2,29,31). The number of aromatic nitrogens is 1. The second kappa shape index (κ2) is 11.0. The monoisotopic (exact) mass is 479 g/mol. The van der Waals surface area contributed by atoms with E-state index in [0.29, 0.717) is 46.0 Å². The van der Waals surface area contributed by atoms with Crippen molar-refractivity contribution in [2.45, 2.75) is 40.0 Å². The van der Waals surface area contributed by atoms with Crippen LogP contribution in [0.2, 0.25) is 0 Å². The first-order valence-corrected chi connectivity index (χ1v) is 11.8. The molecule has 2 heterocycles. The zero-order valence-electron chi connectivity index (χ0n) is 19.4. The number of aryl methyl sites for hydroxylation is 2. The molecule has 3 rings (SSSR count). The van der Waals surface area contributed by atoms with E-state index in [0.717, 1.165) is 5.56 Å². The van der Waals surface area contributed by atoms with Crippen LogP contribution in [0.3, 0.4) is 0 Å². The molecule has 6 nitrogen and oxygen atoms in total. The maximum atomic E-state index is 13.3. The Labute approximate surface area is 202 Å². The van der Waals surface area contributed by atoms with Gasteiger partial charge >= 0.3 is 5.97 Å². The number of halogens is 1. The third kappa shape index (κ3) is 5.67. The molecule has 0 aliphatic carbocycles. The third-order valence-corrected chi connectivity index (χ3v) is 6.21.